The average Bonchev–Trinajstić information content (AvgIpc) is 3.16. The second kappa shape index (κ2) is 7.52. The molecule has 28 heavy (non-hydrogen) atoms. The Morgan fingerprint density at radius 1 is 0.964 bits per heavy atom. The molecule has 0 spiro atoms. The highest BCUT2D eigenvalue weighted by molar-refractivity contribution is 7.22. The van der Waals surface area contributed by atoms with Crippen LogP contribution >= 0.6 is 11.3 Å². The molecule has 0 saturated heterocycles. The van der Waals surface area contributed by atoms with Crippen LogP contribution in [0.1, 0.15) is 32.7 Å². The van der Waals surface area contributed by atoms with E-state index in [9.17, 15) is 4.79 Å². The lowest BCUT2D eigenvalue weighted by Gasteiger charge is -2.19. The molecule has 2 heterocycles. The predicted molar refractivity (Wildman–Crippen MR) is 115 cm³/mol. The fourth-order valence-corrected chi connectivity index (χ4v) is 4.20. The molecule has 0 aliphatic carbocycles. The Kier molecular flexibility index (Phi) is 4.92. The first kappa shape index (κ1) is 18.3. The minimum absolute atomic E-state index is 0.0694. The first-order valence-electron chi connectivity index (χ1n) is 9.18. The number of hydrogen-bond acceptors (Lipinski definition) is 4. The normalized spacial score (nSPS) is 11.0. The van der Waals surface area contributed by atoms with Gasteiger partial charge in [0.1, 0.15) is 0 Å². The summed E-state index contributed by atoms with van der Waals surface area (Å²) in [4.78, 5) is 24.3. The minimum atomic E-state index is -0.0694. The number of benzene rings is 2. The van der Waals surface area contributed by atoms with Crippen molar-refractivity contribution in [3.63, 3.8) is 0 Å². The second-order valence-corrected chi connectivity index (χ2v) is 7.93. The maximum atomic E-state index is 13.4. The molecule has 0 aliphatic heterocycles. The van der Waals surface area contributed by atoms with Crippen molar-refractivity contribution in [2.24, 2.45) is 0 Å². The van der Waals surface area contributed by atoms with Crippen LogP contribution in [0.25, 0.3) is 10.2 Å². The van der Waals surface area contributed by atoms with E-state index in [1.165, 1.54) is 5.56 Å². The summed E-state index contributed by atoms with van der Waals surface area (Å²) in [5.41, 5.74) is 5.85. The number of fused-ring (bicyclic) bond motifs is 1. The van der Waals surface area contributed by atoms with Gasteiger partial charge >= 0.3 is 0 Å². The van der Waals surface area contributed by atoms with E-state index in [1.807, 2.05) is 49.4 Å². The maximum Gasteiger partial charge on any atom is 0.260 e. The monoisotopic (exact) mass is 387 g/mol. The van der Waals surface area contributed by atoms with E-state index < -0.39 is 0 Å². The Morgan fingerprint density at radius 2 is 1.71 bits per heavy atom. The Bertz CT molecular complexity index is 1090. The summed E-state index contributed by atoms with van der Waals surface area (Å²) in [5.74, 6) is -0.0694. The fourth-order valence-electron chi connectivity index (χ4n) is 3.10. The largest absolute Gasteiger partial charge is 0.278 e. The summed E-state index contributed by atoms with van der Waals surface area (Å²) in [5, 5.41) is 0.698. The lowest BCUT2D eigenvalue weighted by atomic mass is 10.1. The number of carbonyl (C=O) groups is 1. The van der Waals surface area contributed by atoms with Gasteiger partial charge < -0.3 is 0 Å². The number of hydrogen-bond donors (Lipinski definition) is 0. The van der Waals surface area contributed by atoms with Crippen LogP contribution < -0.4 is 4.90 Å². The zero-order valence-electron chi connectivity index (χ0n) is 16.1. The summed E-state index contributed by atoms with van der Waals surface area (Å²) in [7, 11) is 0. The van der Waals surface area contributed by atoms with Crippen molar-refractivity contribution in [1.29, 1.82) is 0 Å². The van der Waals surface area contributed by atoms with Gasteiger partial charge in [-0.05, 0) is 56.2 Å². The second-order valence-electron chi connectivity index (χ2n) is 6.95. The lowest BCUT2D eigenvalue weighted by molar-refractivity contribution is 0.0985. The van der Waals surface area contributed by atoms with Crippen molar-refractivity contribution in [3.8, 4) is 0 Å². The number of aryl methyl sites for hydroxylation is 3. The lowest BCUT2D eigenvalue weighted by Crippen LogP contribution is -2.30. The van der Waals surface area contributed by atoms with Gasteiger partial charge in [0.15, 0.2) is 5.13 Å². The Morgan fingerprint density at radius 3 is 2.39 bits per heavy atom. The van der Waals surface area contributed by atoms with Crippen LogP contribution in [0.15, 0.2) is 60.8 Å². The third-order valence-corrected chi connectivity index (χ3v) is 5.97. The highest BCUT2D eigenvalue weighted by Crippen LogP contribution is 2.34. The molecule has 4 nitrogen and oxygen atoms in total. The van der Waals surface area contributed by atoms with Crippen LogP contribution in [0.5, 0.6) is 0 Å². The van der Waals surface area contributed by atoms with E-state index in [1.54, 1.807) is 22.4 Å². The Balaban J connectivity index is 1.80. The van der Waals surface area contributed by atoms with Gasteiger partial charge in [-0.3, -0.25) is 14.7 Å². The molecule has 4 rings (SSSR count). The molecule has 0 bridgehead atoms. The summed E-state index contributed by atoms with van der Waals surface area (Å²) >= 11 is 1.56. The molecule has 0 fully saturated rings. The highest BCUT2D eigenvalue weighted by Gasteiger charge is 2.23. The zero-order chi connectivity index (χ0) is 19.7. The summed E-state index contributed by atoms with van der Waals surface area (Å²) in [6.45, 7) is 6.52. The topological polar surface area (TPSA) is 46.1 Å². The van der Waals surface area contributed by atoms with Crippen molar-refractivity contribution < 1.29 is 4.79 Å². The summed E-state index contributed by atoms with van der Waals surface area (Å²) < 4.78 is 1.12. The third-order valence-electron chi connectivity index (χ3n) is 4.75. The van der Waals surface area contributed by atoms with Crippen molar-refractivity contribution in [2.75, 3.05) is 4.90 Å². The predicted octanol–water partition coefficient (Wildman–Crippen LogP) is 5.46. The molecular formula is C23H21N3OS. The molecule has 4 aromatic rings. The SMILES string of the molecule is Cc1ccc(C(=O)N(Cc2ccccn2)c2nc3c(C)ccc(C)c3s2)cc1. The van der Waals surface area contributed by atoms with Crippen molar-refractivity contribution in [1.82, 2.24) is 9.97 Å². The molecule has 5 heteroatoms. The van der Waals surface area contributed by atoms with Crippen LogP contribution in [-0.4, -0.2) is 15.9 Å². The van der Waals surface area contributed by atoms with Gasteiger partial charge in [0.25, 0.3) is 5.91 Å². The fraction of sp³-hybridized carbons (Fsp3) is 0.174. The number of amides is 1. The van der Waals surface area contributed by atoms with Gasteiger partial charge in [0.2, 0.25) is 0 Å². The Hall–Kier alpha value is -3.05. The van der Waals surface area contributed by atoms with E-state index in [0.29, 0.717) is 17.2 Å². The smallest absolute Gasteiger partial charge is 0.260 e. The molecule has 0 N–H and O–H groups in total. The van der Waals surface area contributed by atoms with Crippen molar-refractivity contribution >= 4 is 32.6 Å². The van der Waals surface area contributed by atoms with Gasteiger partial charge in [-0.1, -0.05) is 47.2 Å². The standard InChI is InChI=1S/C23H21N3OS/c1-15-7-11-18(12-8-15)22(27)26(14-19-6-4-5-13-24-19)23-25-20-16(2)9-10-17(3)21(20)28-23/h4-13H,14H2,1-3H3. The highest BCUT2D eigenvalue weighted by atomic mass is 32.1. The number of rotatable bonds is 4. The molecule has 2 aromatic carbocycles. The molecule has 2 aromatic heterocycles. The number of pyridine rings is 1. The molecule has 140 valence electrons. The number of carbonyl (C=O) groups excluding carboxylic acids is 1. The molecule has 0 saturated carbocycles. The van der Waals surface area contributed by atoms with Crippen LogP contribution in [0.2, 0.25) is 0 Å². The van der Waals surface area contributed by atoms with E-state index in [2.05, 4.69) is 31.0 Å². The van der Waals surface area contributed by atoms with Crippen LogP contribution in [-0.2, 0) is 6.54 Å². The summed E-state index contributed by atoms with van der Waals surface area (Å²) in [6.07, 6.45) is 1.75. The number of thiazole rings is 1. The molecule has 0 atom stereocenters. The van der Waals surface area contributed by atoms with Crippen molar-refractivity contribution in [2.45, 2.75) is 27.3 Å². The number of anilines is 1. The molecular weight excluding hydrogens is 366 g/mol. The van der Waals surface area contributed by atoms with Gasteiger partial charge in [0, 0.05) is 11.8 Å². The van der Waals surface area contributed by atoms with Gasteiger partial charge in [-0.25, -0.2) is 4.98 Å². The Labute approximate surface area is 168 Å². The van der Waals surface area contributed by atoms with Crippen LogP contribution in [0, 0.1) is 20.8 Å². The molecule has 1 amide bonds. The molecule has 0 radical (unpaired) electrons. The first-order chi connectivity index (χ1) is 13.5. The van der Waals surface area contributed by atoms with E-state index >= 15 is 0 Å². The van der Waals surface area contributed by atoms with Crippen molar-refractivity contribution in [3.05, 3.63) is 88.7 Å². The minimum Gasteiger partial charge on any atom is -0.278 e. The quantitative estimate of drug-likeness (QED) is 0.467. The van der Waals surface area contributed by atoms with Gasteiger partial charge in [-0.2, -0.15) is 0 Å². The van der Waals surface area contributed by atoms with E-state index in [0.717, 1.165) is 27.0 Å². The third kappa shape index (κ3) is 3.53. The average molecular weight is 388 g/mol. The van der Waals surface area contributed by atoms with Crippen LogP contribution in [0.4, 0.5) is 5.13 Å². The molecule has 0 unspecified atom stereocenters. The number of nitrogens with zero attached hydrogens (tertiary/aromatic N) is 3. The van der Waals surface area contributed by atoms with Gasteiger partial charge in [0.05, 0.1) is 22.5 Å². The van der Waals surface area contributed by atoms with E-state index in [-0.39, 0.29) is 5.91 Å². The maximum absolute atomic E-state index is 13.4. The summed E-state index contributed by atoms with van der Waals surface area (Å²) in [6, 6.07) is 17.6. The van der Waals surface area contributed by atoms with Crippen LogP contribution in [0.3, 0.4) is 0 Å². The molecule has 0 aliphatic rings. The van der Waals surface area contributed by atoms with E-state index in [4.69, 9.17) is 4.98 Å². The first-order valence-corrected chi connectivity index (χ1v) is 10.00. The van der Waals surface area contributed by atoms with Gasteiger partial charge in [-0.15, -0.1) is 0 Å². The zero-order valence-corrected chi connectivity index (χ0v) is 17.0. The number of aromatic nitrogens is 2.